The highest BCUT2D eigenvalue weighted by molar-refractivity contribution is 8.00. The number of phenolic OH excluding ortho intramolecular Hbond substituents is 1. The van der Waals surface area contributed by atoms with Crippen LogP contribution < -0.4 is 76.1 Å². The molecule has 3 fully saturated rings. The second-order valence-corrected chi connectivity index (χ2v) is 33.8. The van der Waals surface area contributed by atoms with Gasteiger partial charge in [-0.3, -0.25) is 86.3 Å². The number of primary amides is 2. The summed E-state index contributed by atoms with van der Waals surface area (Å²) in [5.41, 5.74) is 25.3. The first kappa shape index (κ1) is 101. The number of carboxylic acid groups (broad SMARTS) is 1. The predicted octanol–water partition coefficient (Wildman–Crippen LogP) is -4.69. The first-order chi connectivity index (χ1) is 60.9. The highest BCUT2D eigenvalue weighted by Gasteiger charge is 2.47. The summed E-state index contributed by atoms with van der Waals surface area (Å²) in [6.07, 6.45) is -1.94. The van der Waals surface area contributed by atoms with Crippen molar-refractivity contribution in [3.63, 3.8) is 0 Å². The number of nitrogens with one attached hydrogen (secondary N) is 11. The van der Waals surface area contributed by atoms with Gasteiger partial charge in [-0.05, 0) is 90.7 Å². The molecule has 17 amide bonds. The number of aromatic nitrogens is 1. The summed E-state index contributed by atoms with van der Waals surface area (Å²) in [6, 6.07) is -3.27. The normalized spacial score (nSPS) is 25.5. The van der Waals surface area contributed by atoms with Crippen molar-refractivity contribution in [2.75, 3.05) is 72.0 Å². The lowest BCUT2D eigenvalue weighted by Gasteiger charge is -2.36. The van der Waals surface area contributed by atoms with Gasteiger partial charge in [-0.1, -0.05) is 88.1 Å². The molecular weight excluding hydrogens is 1710 g/mol. The molecule has 0 spiro atoms. The number of thiophene rings is 1. The van der Waals surface area contributed by atoms with Crippen LogP contribution in [0.3, 0.4) is 0 Å². The number of aromatic amines is 1. The van der Waals surface area contributed by atoms with E-state index in [1.54, 1.807) is 54.0 Å². The molecule has 3 saturated heterocycles. The SMILES string of the molecule is CCCC[C@H]1C(=O)N(C)[C@@H](CCCC)C(=O)N[C@@H](CN)C(=O)N[C@H](C(=O)NCC(N)=O)CSCC(=O)N[C@@H](Cc2ccc(O)cc2)C(=O)N(C)[C@@H](C)C(=O)N[C@@H](CC(N)=O)C(=O)N2CCC[C@H]2C(=O)N[C@@H](CN)C(=O)N[C@@H](CCC(=O)O)C(=O)N2C[C@H](O)C[C@H]2C(=O)N[C@@H](Cc2c[nH]c3ccccc23)C(=O)N[C@@H](CO)C(=O)N[C@@H](Cc2csc3ccccc23)C(=O)N1C. The molecule has 8 rings (SSSR count). The molecule has 0 saturated carbocycles. The Morgan fingerprint density at radius 2 is 1.09 bits per heavy atom. The molecule has 23 N–H and O–H groups in total. The van der Waals surface area contributed by atoms with Crippen LogP contribution in [0.1, 0.15) is 115 Å². The second-order valence-electron chi connectivity index (χ2n) is 31.9. The molecule has 0 aliphatic carbocycles. The number of rotatable bonds is 23. The molecule has 15 atom stereocenters. The van der Waals surface area contributed by atoms with E-state index in [0.29, 0.717) is 58.7 Å². The molecule has 5 heterocycles. The van der Waals surface area contributed by atoms with Crippen molar-refractivity contribution in [1.82, 2.24) is 82.7 Å². The topological polar surface area (TPSA) is 645 Å². The highest BCUT2D eigenvalue weighted by Crippen LogP contribution is 2.30. The number of amides is 17. The number of carbonyl (C=O) groups excluding carboxylic acids is 17. The minimum Gasteiger partial charge on any atom is -0.508 e. The first-order valence-corrected chi connectivity index (χ1v) is 44.2. The van der Waals surface area contributed by atoms with Gasteiger partial charge in [0.15, 0.2) is 0 Å². The third-order valence-corrected chi connectivity index (χ3v) is 24.7. The van der Waals surface area contributed by atoms with Crippen molar-refractivity contribution >= 4 is 150 Å². The molecule has 5 aromatic rings. The largest absolute Gasteiger partial charge is 0.508 e. The second kappa shape index (κ2) is 48.0. The summed E-state index contributed by atoms with van der Waals surface area (Å²) in [5.74, 6) is -19.8. The Morgan fingerprint density at radius 3 is 1.74 bits per heavy atom. The molecule has 42 nitrogen and oxygen atoms in total. The van der Waals surface area contributed by atoms with Crippen LogP contribution in [-0.4, -0.2) is 319 Å². The van der Waals surface area contributed by atoms with Crippen molar-refractivity contribution < 1.29 is 107 Å². The Balaban J connectivity index is 1.17. The van der Waals surface area contributed by atoms with E-state index in [1.165, 1.54) is 63.7 Å². The maximum Gasteiger partial charge on any atom is 0.303 e. The lowest BCUT2D eigenvalue weighted by molar-refractivity contribution is -0.149. The zero-order valence-corrected chi connectivity index (χ0v) is 73.6. The Hall–Kier alpha value is -12.4. The molecule has 0 bridgehead atoms. The van der Waals surface area contributed by atoms with E-state index in [4.69, 9.17) is 22.9 Å². The summed E-state index contributed by atoms with van der Waals surface area (Å²) in [7, 11) is 3.84. The molecule has 3 aliphatic rings. The van der Waals surface area contributed by atoms with E-state index < -0.39 is 267 Å². The van der Waals surface area contributed by atoms with Crippen molar-refractivity contribution in [2.24, 2.45) is 22.9 Å². The van der Waals surface area contributed by atoms with Crippen LogP contribution in [0.5, 0.6) is 5.75 Å². The Labute approximate surface area is 745 Å². The van der Waals surface area contributed by atoms with Gasteiger partial charge in [0.2, 0.25) is 100 Å². The fraction of sp³-hybridized carbons (Fsp3) is 0.524. The smallest absolute Gasteiger partial charge is 0.303 e. The number of fused-ring (bicyclic) bond motifs is 4. The average Bonchev–Trinajstić information content (AvgIpc) is 1.60. The maximum absolute atomic E-state index is 15.6. The van der Waals surface area contributed by atoms with Gasteiger partial charge in [0.05, 0.1) is 31.4 Å². The van der Waals surface area contributed by atoms with E-state index >= 15 is 28.8 Å². The van der Waals surface area contributed by atoms with E-state index in [-0.39, 0.29) is 57.2 Å². The third kappa shape index (κ3) is 27.3. The Bertz CT molecular complexity index is 4860. The van der Waals surface area contributed by atoms with Crippen LogP contribution in [0.2, 0.25) is 0 Å². The van der Waals surface area contributed by atoms with Gasteiger partial charge in [0, 0.05) is 107 Å². The van der Waals surface area contributed by atoms with Gasteiger partial charge < -0.3 is 126 Å². The molecule has 2 aromatic heterocycles. The van der Waals surface area contributed by atoms with Crippen LogP contribution >= 0.6 is 23.1 Å². The van der Waals surface area contributed by atoms with E-state index in [2.05, 4.69) is 58.2 Å². The number of benzene rings is 3. The molecule has 44 heteroatoms. The number of nitrogens with two attached hydrogens (primary N) is 4. The van der Waals surface area contributed by atoms with Crippen LogP contribution in [0.4, 0.5) is 0 Å². The van der Waals surface area contributed by atoms with E-state index in [9.17, 15) is 78.0 Å². The minimum atomic E-state index is -1.92. The maximum atomic E-state index is 15.6. The lowest BCUT2D eigenvalue weighted by Crippen LogP contribution is -2.62. The molecule has 3 aromatic carbocycles. The molecule has 696 valence electrons. The zero-order valence-electron chi connectivity index (χ0n) is 72.0. The molecular formula is C84H116N20O22S2. The fourth-order valence-electron chi connectivity index (χ4n) is 15.4. The number of likely N-dealkylation sites (N-methyl/N-ethyl adjacent to an activating group) is 3. The highest BCUT2D eigenvalue weighted by atomic mass is 32.2. The molecule has 3 aliphatic heterocycles. The monoisotopic (exact) mass is 1820 g/mol. The zero-order chi connectivity index (χ0) is 93.9. The Morgan fingerprint density at radius 1 is 0.547 bits per heavy atom. The number of carboxylic acids is 1. The summed E-state index contributed by atoms with van der Waals surface area (Å²) in [5, 5.41) is 70.8. The first-order valence-electron chi connectivity index (χ1n) is 42.2. The summed E-state index contributed by atoms with van der Waals surface area (Å²) < 4.78 is 0.797. The van der Waals surface area contributed by atoms with Crippen LogP contribution in [0, 0.1) is 0 Å². The number of carbonyl (C=O) groups is 18. The summed E-state index contributed by atoms with van der Waals surface area (Å²) in [6.45, 7) is 0.959. The number of unbranched alkanes of at least 4 members (excludes halogenated alkanes) is 2. The number of aliphatic carboxylic acids is 1. The van der Waals surface area contributed by atoms with Crippen LogP contribution in [0.15, 0.2) is 84.4 Å². The number of aromatic hydroxyl groups is 1. The van der Waals surface area contributed by atoms with Gasteiger partial charge in [0.1, 0.15) is 90.3 Å². The summed E-state index contributed by atoms with van der Waals surface area (Å²) in [4.78, 5) is 266. The standard InChI is InChI=1S/C84H116N20O22S2/c1-7-9-19-62-77(119)96-59(36-86)75(117)99-61(72(114)90-38-68(88)109)42-127-43-69(110)91-55(30-45-23-25-48(106)26-24-45)80(122)100(4)44(3)71(113)94-57(34-67(87)108)83(125)103-29-15-21-63(103)78(120)97-58(35-85)74(116)92-53(27-28-70(111)112)82(124)104-39-49(107)33-65(104)79(121)93-54(31-46-37-89-52-18-13-11-16-50(46)52)73(115)98-60(40-105)76(118)95-56(32-47-41-128-66-22-14-12-17-51(47)66)81(123)102(6)64(20-10-8-2)84(126)101(62)5/h11-14,16-18,22-26,37,41,44,49,53-65,89,105-107H,7-10,15,19-21,27-36,38-40,42-43,85-86H2,1-6H3,(H2,87,108)(H2,88,109)(H,90,114)(H,91,110)(H,92,116)(H,93,121)(H,94,113)(H,95,118)(H,96,119)(H,97,120)(H,98,115)(H,99,117)(H,111,112)/t44-,49+,53-,54-,55-,56-,57-,58-,59-,60-,61-,62-,63-,64-,65-/m0/s1. The molecule has 0 unspecified atom stereocenters. The van der Waals surface area contributed by atoms with Crippen molar-refractivity contribution in [3.8, 4) is 5.75 Å². The fourth-order valence-corrected chi connectivity index (χ4v) is 17.2. The number of aliphatic hydroxyl groups excluding tert-OH is 2. The number of para-hydroxylation sites is 1. The number of nitrogens with zero attached hydrogens (tertiary/aromatic N) is 5. The van der Waals surface area contributed by atoms with Crippen molar-refractivity contribution in [3.05, 3.63) is 101 Å². The van der Waals surface area contributed by atoms with Gasteiger partial charge >= 0.3 is 5.97 Å². The van der Waals surface area contributed by atoms with Gasteiger partial charge in [-0.15, -0.1) is 23.1 Å². The third-order valence-electron chi connectivity index (χ3n) is 22.7. The predicted molar refractivity (Wildman–Crippen MR) is 467 cm³/mol. The number of thioether (sulfide) groups is 1. The lowest BCUT2D eigenvalue weighted by atomic mass is 10.00. The van der Waals surface area contributed by atoms with E-state index in [1.807, 2.05) is 19.9 Å². The van der Waals surface area contributed by atoms with Crippen molar-refractivity contribution in [2.45, 2.75) is 208 Å². The quantitative estimate of drug-likeness (QED) is 0.0292. The number of H-pyrrole nitrogens is 1. The minimum absolute atomic E-state index is 0.0109. The van der Waals surface area contributed by atoms with Crippen molar-refractivity contribution in [1.29, 1.82) is 0 Å². The number of hydrogen-bond acceptors (Lipinski definition) is 25. The van der Waals surface area contributed by atoms with Gasteiger partial charge in [-0.2, -0.15) is 0 Å². The van der Waals surface area contributed by atoms with Crippen LogP contribution in [-0.2, 0) is 106 Å². The Kier molecular flexibility index (Phi) is 37.9. The summed E-state index contributed by atoms with van der Waals surface area (Å²) >= 11 is 2.07. The van der Waals surface area contributed by atoms with Gasteiger partial charge in [0.25, 0.3) is 0 Å². The number of phenols is 1. The number of aliphatic hydroxyl groups is 2. The molecule has 128 heavy (non-hydrogen) atoms. The average molecular weight is 1820 g/mol. The molecule has 0 radical (unpaired) electrons. The van der Waals surface area contributed by atoms with E-state index in [0.717, 1.165) is 41.0 Å². The number of hydrogen-bond donors (Lipinski definition) is 19. The van der Waals surface area contributed by atoms with Gasteiger partial charge in [-0.25, -0.2) is 0 Å². The van der Waals surface area contributed by atoms with Crippen LogP contribution in [0.25, 0.3) is 21.0 Å².